The van der Waals surface area contributed by atoms with E-state index in [1.54, 1.807) is 21.0 Å². The number of carbonyl (C=O) groups excluding carboxylic acids is 1. The molecule has 3 aromatic rings. The number of hydrogen-bond acceptors (Lipinski definition) is 9. The molecule has 0 bridgehead atoms. The zero-order valence-corrected chi connectivity index (χ0v) is 29.5. The summed E-state index contributed by atoms with van der Waals surface area (Å²) in [6, 6.07) is 26.5. The summed E-state index contributed by atoms with van der Waals surface area (Å²) in [7, 11) is 0.146. The van der Waals surface area contributed by atoms with Gasteiger partial charge in [0, 0.05) is 31.3 Å². The molecule has 1 amide bonds. The first-order valence-electron chi connectivity index (χ1n) is 15.6. The van der Waals surface area contributed by atoms with Gasteiger partial charge in [-0.05, 0) is 47.5 Å². The molecule has 0 aromatic heterocycles. The molecule has 2 aliphatic rings. The SMILES string of the molecule is CO[C@@]1(C)O[C@H]([C@@H](O)CNc2ccc3c(c2)NC(=O)CS3)[C@@H](CO[Si](c2ccccc2)(c2ccccc2)C(C)(C)C)O[C@]1(C)OC. The number of benzene rings is 3. The summed E-state index contributed by atoms with van der Waals surface area (Å²) in [5, 5.41) is 19.9. The van der Waals surface area contributed by atoms with E-state index in [9.17, 15) is 9.90 Å². The minimum atomic E-state index is -2.93. The maximum atomic E-state index is 11.9. The molecule has 0 radical (unpaired) electrons. The monoisotopic (exact) mass is 666 g/mol. The lowest BCUT2D eigenvalue weighted by Gasteiger charge is -2.53. The van der Waals surface area contributed by atoms with Gasteiger partial charge in [-0.2, -0.15) is 0 Å². The van der Waals surface area contributed by atoms with Gasteiger partial charge in [-0.25, -0.2) is 0 Å². The summed E-state index contributed by atoms with van der Waals surface area (Å²) in [4.78, 5) is 12.9. The van der Waals surface area contributed by atoms with Crippen molar-refractivity contribution in [1.82, 2.24) is 0 Å². The standard InChI is InChI=1S/C35H46N2O7SSi/c1-33(2,3)46(25-14-10-8-11-15-25,26-16-12-9-13-17-26)42-22-29-32(44-35(5,41-7)34(4,40-6)43-29)28(38)21-36-24-18-19-30-27(20-24)37-31(39)23-45-30/h8-20,28-29,32,36,38H,21-23H2,1-7H3,(H,37,39)/t28-,29+,32+,34-,35-/m0/s1. The molecule has 5 rings (SSSR count). The Morgan fingerprint density at radius 3 is 2.13 bits per heavy atom. The van der Waals surface area contributed by atoms with Crippen molar-refractivity contribution < 1.29 is 33.3 Å². The van der Waals surface area contributed by atoms with Crippen LogP contribution in [0.25, 0.3) is 0 Å². The van der Waals surface area contributed by atoms with E-state index in [1.165, 1.54) is 18.9 Å². The number of carbonyl (C=O) groups is 1. The normalized spacial score (nSPS) is 25.8. The van der Waals surface area contributed by atoms with Crippen LogP contribution < -0.4 is 21.0 Å². The van der Waals surface area contributed by atoms with E-state index >= 15 is 0 Å². The van der Waals surface area contributed by atoms with Crippen LogP contribution >= 0.6 is 11.8 Å². The van der Waals surface area contributed by atoms with Crippen molar-refractivity contribution in [3.8, 4) is 0 Å². The van der Waals surface area contributed by atoms with E-state index in [4.69, 9.17) is 23.4 Å². The number of anilines is 2. The maximum Gasteiger partial charge on any atom is 0.261 e. The Morgan fingerprint density at radius 1 is 0.978 bits per heavy atom. The van der Waals surface area contributed by atoms with Crippen LogP contribution in [0.5, 0.6) is 0 Å². The first kappa shape index (κ1) is 34.6. The Hall–Kier alpha value is -2.74. The summed E-state index contributed by atoms with van der Waals surface area (Å²) in [6.07, 6.45) is -2.58. The van der Waals surface area contributed by atoms with Crippen molar-refractivity contribution in [1.29, 1.82) is 0 Å². The number of fused-ring (bicyclic) bond motifs is 1. The van der Waals surface area contributed by atoms with Crippen LogP contribution in [0, 0.1) is 0 Å². The molecule has 2 aliphatic heterocycles. The molecule has 2 heterocycles. The second kappa shape index (κ2) is 13.8. The molecule has 0 aliphatic carbocycles. The molecule has 0 unspecified atom stereocenters. The molecular weight excluding hydrogens is 621 g/mol. The largest absolute Gasteiger partial charge is 0.405 e. The lowest BCUT2D eigenvalue weighted by atomic mass is 10.0. The minimum absolute atomic E-state index is 0.0359. The Bertz CT molecular complexity index is 1450. The van der Waals surface area contributed by atoms with Crippen molar-refractivity contribution >= 4 is 47.7 Å². The molecule has 46 heavy (non-hydrogen) atoms. The number of amides is 1. The van der Waals surface area contributed by atoms with E-state index in [1.807, 2.05) is 54.6 Å². The topological polar surface area (TPSA) is 108 Å². The number of thioether (sulfide) groups is 1. The zero-order valence-electron chi connectivity index (χ0n) is 27.7. The van der Waals surface area contributed by atoms with Gasteiger partial charge in [-0.15, -0.1) is 11.8 Å². The van der Waals surface area contributed by atoms with E-state index < -0.39 is 38.2 Å². The first-order chi connectivity index (χ1) is 21.9. The number of hydrogen-bond donors (Lipinski definition) is 3. The summed E-state index contributed by atoms with van der Waals surface area (Å²) in [5.41, 5.74) is 1.51. The van der Waals surface area contributed by atoms with E-state index in [2.05, 4.69) is 55.7 Å². The summed E-state index contributed by atoms with van der Waals surface area (Å²) < 4.78 is 32.1. The fourth-order valence-corrected chi connectivity index (χ4v) is 11.7. The molecule has 11 heteroatoms. The molecule has 1 saturated heterocycles. The number of nitrogens with one attached hydrogen (secondary N) is 2. The van der Waals surface area contributed by atoms with E-state index in [-0.39, 0.29) is 24.1 Å². The third kappa shape index (κ3) is 6.65. The van der Waals surface area contributed by atoms with Gasteiger partial charge in [-0.1, -0.05) is 81.4 Å². The van der Waals surface area contributed by atoms with Crippen LogP contribution in [0.15, 0.2) is 83.8 Å². The lowest BCUT2D eigenvalue weighted by Crippen LogP contribution is -2.70. The van der Waals surface area contributed by atoms with Crippen LogP contribution in [0.3, 0.4) is 0 Å². The number of ether oxygens (including phenoxy) is 4. The Morgan fingerprint density at radius 2 is 1.57 bits per heavy atom. The van der Waals surface area contributed by atoms with Crippen molar-refractivity contribution in [3.63, 3.8) is 0 Å². The smallest absolute Gasteiger partial charge is 0.261 e. The van der Waals surface area contributed by atoms with Crippen molar-refractivity contribution in [2.24, 2.45) is 0 Å². The van der Waals surface area contributed by atoms with Crippen molar-refractivity contribution in [3.05, 3.63) is 78.9 Å². The highest BCUT2D eigenvalue weighted by atomic mass is 32.2. The average Bonchev–Trinajstić information content (AvgIpc) is 3.05. The third-order valence-electron chi connectivity index (χ3n) is 9.10. The average molecular weight is 667 g/mol. The van der Waals surface area contributed by atoms with Gasteiger partial charge in [0.2, 0.25) is 17.5 Å². The Balaban J connectivity index is 1.45. The Kier molecular flexibility index (Phi) is 10.4. The van der Waals surface area contributed by atoms with Crippen LogP contribution in [-0.4, -0.2) is 82.3 Å². The van der Waals surface area contributed by atoms with Gasteiger partial charge in [-0.3, -0.25) is 4.79 Å². The minimum Gasteiger partial charge on any atom is -0.405 e. The number of rotatable bonds is 11. The highest BCUT2D eigenvalue weighted by Gasteiger charge is 2.59. The van der Waals surface area contributed by atoms with Crippen LogP contribution in [0.1, 0.15) is 34.6 Å². The van der Waals surface area contributed by atoms with Crippen LogP contribution in [0.2, 0.25) is 5.04 Å². The molecule has 5 atom stereocenters. The molecule has 0 saturated carbocycles. The quantitative estimate of drug-likeness (QED) is 0.254. The summed E-state index contributed by atoms with van der Waals surface area (Å²) in [5.74, 6) is -2.26. The summed E-state index contributed by atoms with van der Waals surface area (Å²) in [6.45, 7) is 10.4. The Labute approximate surface area is 277 Å². The molecule has 1 fully saturated rings. The fraction of sp³-hybridized carbons (Fsp3) is 0.457. The molecular formula is C35H46N2O7SSi. The second-order valence-corrected chi connectivity index (χ2v) is 18.3. The van der Waals surface area contributed by atoms with Gasteiger partial charge in [0.05, 0.1) is 18.0 Å². The second-order valence-electron chi connectivity index (χ2n) is 13.0. The van der Waals surface area contributed by atoms with Crippen molar-refractivity contribution in [2.45, 2.75) is 74.4 Å². The lowest BCUT2D eigenvalue weighted by molar-refractivity contribution is -0.454. The van der Waals surface area contributed by atoms with Gasteiger partial charge < -0.3 is 39.1 Å². The molecule has 3 N–H and O–H groups in total. The van der Waals surface area contributed by atoms with Gasteiger partial charge in [0.15, 0.2) is 0 Å². The predicted octanol–water partition coefficient (Wildman–Crippen LogP) is 4.59. The number of aliphatic hydroxyl groups excluding tert-OH is 1. The first-order valence-corrected chi connectivity index (χ1v) is 18.4. The number of aliphatic hydroxyl groups is 1. The van der Waals surface area contributed by atoms with E-state index in [0.717, 1.165) is 26.6 Å². The third-order valence-corrected chi connectivity index (χ3v) is 15.2. The highest BCUT2D eigenvalue weighted by Crippen LogP contribution is 2.42. The molecule has 9 nitrogen and oxygen atoms in total. The van der Waals surface area contributed by atoms with E-state index in [0.29, 0.717) is 5.75 Å². The van der Waals surface area contributed by atoms with Gasteiger partial charge in [0.25, 0.3) is 8.32 Å². The van der Waals surface area contributed by atoms with Crippen LogP contribution in [-0.2, 0) is 28.2 Å². The summed E-state index contributed by atoms with van der Waals surface area (Å²) >= 11 is 1.50. The van der Waals surface area contributed by atoms with Crippen molar-refractivity contribution in [2.75, 3.05) is 43.8 Å². The molecule has 3 aromatic carbocycles. The zero-order chi connectivity index (χ0) is 33.2. The predicted molar refractivity (Wildman–Crippen MR) is 184 cm³/mol. The number of methoxy groups -OCH3 is 2. The molecule has 248 valence electrons. The highest BCUT2D eigenvalue weighted by molar-refractivity contribution is 8.00. The maximum absolute atomic E-state index is 11.9. The van der Waals surface area contributed by atoms with Crippen LogP contribution in [0.4, 0.5) is 11.4 Å². The fourth-order valence-electron chi connectivity index (χ4n) is 6.33. The van der Waals surface area contributed by atoms with Gasteiger partial charge in [0.1, 0.15) is 18.3 Å². The van der Waals surface area contributed by atoms with Gasteiger partial charge >= 0.3 is 0 Å². The molecule has 0 spiro atoms.